The molecule has 0 spiro atoms. The molecular weight excluding hydrogens is 172 g/mol. The Bertz CT molecular complexity index is 94.1. The van der Waals surface area contributed by atoms with Crippen LogP contribution in [-0.2, 0) is 14.3 Å². The van der Waals surface area contributed by atoms with Gasteiger partial charge in [-0.2, -0.15) is 0 Å². The Morgan fingerprint density at radius 3 is 1.31 bits per heavy atom. The highest BCUT2D eigenvalue weighted by Gasteiger charge is 1.89. The third-order valence-electron chi connectivity index (χ3n) is 1.45. The van der Waals surface area contributed by atoms with Gasteiger partial charge in [0, 0.05) is 0 Å². The summed E-state index contributed by atoms with van der Waals surface area (Å²) in [5.41, 5.74) is 0. The van der Waals surface area contributed by atoms with Gasteiger partial charge in [0.1, 0.15) is 0 Å². The summed E-state index contributed by atoms with van der Waals surface area (Å²) >= 11 is 0. The molecule has 0 heterocycles. The number of rotatable bonds is 5. The van der Waals surface area contributed by atoms with Crippen molar-refractivity contribution in [2.24, 2.45) is 0 Å². The van der Waals surface area contributed by atoms with E-state index in [1.165, 1.54) is 19.6 Å². The first-order chi connectivity index (χ1) is 5.76. The van der Waals surface area contributed by atoms with Crippen molar-refractivity contribution in [3.05, 3.63) is 0 Å². The summed E-state index contributed by atoms with van der Waals surface area (Å²) < 4.78 is 3.47. The van der Waals surface area contributed by atoms with Crippen LogP contribution in [-0.4, -0.2) is 37.5 Å². The molecule has 0 aromatic heterocycles. The molecule has 3 N–H and O–H groups in total. The van der Waals surface area contributed by atoms with Crippen LogP contribution < -0.4 is 6.15 Å². The zero-order valence-electron chi connectivity index (χ0n) is 8.66. The van der Waals surface area contributed by atoms with Crippen molar-refractivity contribution in [3.63, 3.8) is 0 Å². The number of carbonyl (C=O) groups is 2. The smallest absolute Gasteiger partial charge is 0.300 e. The second-order valence-electron chi connectivity index (χ2n) is 1.95. The Morgan fingerprint density at radius 2 is 1.31 bits per heavy atom. The maximum absolute atomic E-state index is 8.95. The Balaban J connectivity index is -0.000000150. The molecule has 0 rings (SSSR count). The van der Waals surface area contributed by atoms with Gasteiger partial charge in [-0.3, -0.25) is 9.59 Å². The van der Waals surface area contributed by atoms with Gasteiger partial charge in [0.05, 0.1) is 0 Å². The molecule has 0 saturated heterocycles. The van der Waals surface area contributed by atoms with Gasteiger partial charge in [-0.15, -0.1) is 0 Å². The molecule has 13 heavy (non-hydrogen) atoms. The SMILES string of the molecule is CCN(CC)CC.N.O=COC=O. The maximum atomic E-state index is 8.95. The van der Waals surface area contributed by atoms with Crippen molar-refractivity contribution >= 4 is 12.9 Å². The number of hydrogen-bond donors (Lipinski definition) is 1. The number of nitrogens with zero attached hydrogens (tertiary/aromatic N) is 1. The van der Waals surface area contributed by atoms with E-state index in [1.54, 1.807) is 0 Å². The van der Waals surface area contributed by atoms with Gasteiger partial charge >= 0.3 is 12.9 Å². The summed E-state index contributed by atoms with van der Waals surface area (Å²) in [4.78, 5) is 20.3. The van der Waals surface area contributed by atoms with Gasteiger partial charge in [0.15, 0.2) is 0 Å². The lowest BCUT2D eigenvalue weighted by molar-refractivity contribution is -0.141. The van der Waals surface area contributed by atoms with Gasteiger partial charge in [-0.1, -0.05) is 20.8 Å². The Kier molecular flexibility index (Phi) is 23.8. The fourth-order valence-electron chi connectivity index (χ4n) is 0.694. The van der Waals surface area contributed by atoms with Gasteiger partial charge < -0.3 is 15.8 Å². The van der Waals surface area contributed by atoms with Gasteiger partial charge in [-0.25, -0.2) is 0 Å². The van der Waals surface area contributed by atoms with Crippen LogP contribution in [0.25, 0.3) is 0 Å². The van der Waals surface area contributed by atoms with Crippen molar-refractivity contribution in [3.8, 4) is 0 Å². The van der Waals surface area contributed by atoms with E-state index >= 15 is 0 Å². The molecular formula is C8H20N2O3. The van der Waals surface area contributed by atoms with Crippen molar-refractivity contribution in [1.29, 1.82) is 0 Å². The van der Waals surface area contributed by atoms with Crippen LogP contribution in [0.3, 0.4) is 0 Å². The van der Waals surface area contributed by atoms with Crippen molar-refractivity contribution in [2.45, 2.75) is 20.8 Å². The quantitative estimate of drug-likeness (QED) is 0.515. The van der Waals surface area contributed by atoms with E-state index in [9.17, 15) is 0 Å². The zero-order valence-corrected chi connectivity index (χ0v) is 8.66. The molecule has 80 valence electrons. The molecule has 0 aromatic carbocycles. The second kappa shape index (κ2) is 17.2. The summed E-state index contributed by atoms with van der Waals surface area (Å²) in [5, 5.41) is 0. The van der Waals surface area contributed by atoms with Gasteiger partial charge in [0.25, 0.3) is 0 Å². The predicted octanol–water partition coefficient (Wildman–Crippen LogP) is 0.826. The van der Waals surface area contributed by atoms with E-state index in [0.717, 1.165) is 0 Å². The lowest BCUT2D eigenvalue weighted by atomic mass is 10.5. The first kappa shape index (κ1) is 18.0. The standard InChI is InChI=1S/C6H15N.C2H2O3.H3N/c1-4-7(5-2)6-3;3-1-5-2-4;/h4-6H2,1-3H3;1-2H;1H3. The normalized spacial score (nSPS) is 7.69. The molecule has 5 heteroatoms. The zero-order chi connectivity index (χ0) is 9.82. The van der Waals surface area contributed by atoms with Crippen LogP contribution in [0.2, 0.25) is 0 Å². The molecule has 0 saturated carbocycles. The van der Waals surface area contributed by atoms with Gasteiger partial charge in [-0.05, 0) is 19.6 Å². The summed E-state index contributed by atoms with van der Waals surface area (Å²) in [6, 6.07) is 0. The Labute approximate surface area is 79.6 Å². The van der Waals surface area contributed by atoms with E-state index in [-0.39, 0.29) is 19.1 Å². The fraction of sp³-hybridized carbons (Fsp3) is 0.750. The van der Waals surface area contributed by atoms with E-state index in [0.29, 0.717) is 0 Å². The van der Waals surface area contributed by atoms with E-state index in [1.807, 2.05) is 0 Å². The lowest BCUT2D eigenvalue weighted by Crippen LogP contribution is -2.21. The van der Waals surface area contributed by atoms with E-state index in [2.05, 4.69) is 30.4 Å². The summed E-state index contributed by atoms with van der Waals surface area (Å²) in [7, 11) is 0. The fourth-order valence-corrected chi connectivity index (χ4v) is 0.694. The molecule has 0 bridgehead atoms. The molecule has 0 atom stereocenters. The first-order valence-electron chi connectivity index (χ1n) is 4.01. The molecule has 0 amide bonds. The minimum absolute atomic E-state index is 0. The Morgan fingerprint density at radius 1 is 1.00 bits per heavy atom. The highest BCUT2D eigenvalue weighted by Crippen LogP contribution is 1.81. The van der Waals surface area contributed by atoms with Crippen LogP contribution in [0.4, 0.5) is 0 Å². The highest BCUT2D eigenvalue weighted by atomic mass is 16.6. The second-order valence-corrected chi connectivity index (χ2v) is 1.95. The predicted molar refractivity (Wildman–Crippen MR) is 51.7 cm³/mol. The number of hydrogen-bond acceptors (Lipinski definition) is 5. The largest absolute Gasteiger partial charge is 0.398 e. The highest BCUT2D eigenvalue weighted by molar-refractivity contribution is 5.55. The van der Waals surface area contributed by atoms with Crippen LogP contribution in [0.15, 0.2) is 0 Å². The average Bonchev–Trinajstić information content (AvgIpc) is 2.10. The lowest BCUT2D eigenvalue weighted by Gasteiger charge is -2.13. The van der Waals surface area contributed by atoms with E-state index in [4.69, 9.17) is 9.59 Å². The molecule has 0 aliphatic carbocycles. The molecule has 0 radical (unpaired) electrons. The van der Waals surface area contributed by atoms with Crippen LogP contribution in [0.1, 0.15) is 20.8 Å². The average molecular weight is 192 g/mol. The molecule has 0 aromatic rings. The third-order valence-corrected chi connectivity index (χ3v) is 1.45. The van der Waals surface area contributed by atoms with Crippen molar-refractivity contribution < 1.29 is 14.3 Å². The van der Waals surface area contributed by atoms with E-state index < -0.39 is 0 Å². The van der Waals surface area contributed by atoms with Crippen LogP contribution in [0.5, 0.6) is 0 Å². The molecule has 0 aliphatic heterocycles. The molecule has 0 unspecified atom stereocenters. The number of carbonyl (C=O) groups excluding carboxylic acids is 2. The maximum Gasteiger partial charge on any atom is 0.300 e. The minimum atomic E-state index is 0. The monoisotopic (exact) mass is 192 g/mol. The summed E-state index contributed by atoms with van der Waals surface area (Å²) in [6.07, 6.45) is 0. The van der Waals surface area contributed by atoms with Crippen molar-refractivity contribution in [2.75, 3.05) is 19.6 Å². The Hall–Kier alpha value is -0.940. The summed E-state index contributed by atoms with van der Waals surface area (Å²) in [6.45, 7) is 10.2. The molecule has 0 aliphatic rings. The van der Waals surface area contributed by atoms with Crippen LogP contribution in [0, 0.1) is 0 Å². The third kappa shape index (κ3) is 18.2. The van der Waals surface area contributed by atoms with Crippen molar-refractivity contribution in [1.82, 2.24) is 11.1 Å². The molecule has 5 nitrogen and oxygen atoms in total. The topological polar surface area (TPSA) is 81.6 Å². The van der Waals surface area contributed by atoms with Gasteiger partial charge in [0.2, 0.25) is 0 Å². The minimum Gasteiger partial charge on any atom is -0.398 e. The molecule has 0 fully saturated rings. The van der Waals surface area contributed by atoms with Crippen LogP contribution >= 0.6 is 0 Å². The summed E-state index contributed by atoms with van der Waals surface area (Å²) in [5.74, 6) is 0. The number of ether oxygens (including phenoxy) is 1. The first-order valence-corrected chi connectivity index (χ1v) is 4.01.